The highest BCUT2D eigenvalue weighted by molar-refractivity contribution is 5.89. The topological polar surface area (TPSA) is 122 Å². The number of ether oxygens (including phenoxy) is 4. The number of carbonyl (C=O) groups excluding carboxylic acids is 1. The van der Waals surface area contributed by atoms with Crippen LogP contribution < -0.4 is 20.1 Å². The number of carbonyl (C=O) groups is 1. The number of hydrogen-bond acceptors (Lipinski definition) is 8. The fraction of sp³-hybridized carbons (Fsp3) is 0.259. The molecule has 2 saturated heterocycles. The summed E-state index contributed by atoms with van der Waals surface area (Å²) >= 11 is 0. The van der Waals surface area contributed by atoms with Gasteiger partial charge in [0.2, 0.25) is 0 Å². The van der Waals surface area contributed by atoms with E-state index in [0.29, 0.717) is 36.2 Å². The van der Waals surface area contributed by atoms with Gasteiger partial charge < -0.3 is 29.6 Å². The molecule has 0 radical (unpaired) electrons. The van der Waals surface area contributed by atoms with Gasteiger partial charge >= 0.3 is 6.03 Å². The molecule has 0 saturated carbocycles. The maximum Gasteiger partial charge on any atom is 0.319 e. The number of aromatic nitrogens is 4. The summed E-state index contributed by atoms with van der Waals surface area (Å²) in [6.45, 7) is 0.680. The monoisotopic (exact) mass is 514 g/mol. The van der Waals surface area contributed by atoms with Gasteiger partial charge in [-0.1, -0.05) is 30.3 Å². The van der Waals surface area contributed by atoms with Gasteiger partial charge in [0, 0.05) is 11.3 Å². The number of hydrogen-bond donors (Lipinski definition) is 2. The molecule has 194 valence electrons. The average Bonchev–Trinajstić information content (AvgIpc) is 3.68. The summed E-state index contributed by atoms with van der Waals surface area (Å²) in [5.41, 5.74) is 1.46. The van der Waals surface area contributed by atoms with Crippen molar-refractivity contribution >= 4 is 11.7 Å². The second kappa shape index (κ2) is 10.5. The minimum atomic E-state index is -0.345. The molecule has 0 aliphatic carbocycles. The third-order valence-electron chi connectivity index (χ3n) is 6.57. The Morgan fingerprint density at radius 2 is 1.68 bits per heavy atom. The molecule has 2 fully saturated rings. The lowest BCUT2D eigenvalue weighted by molar-refractivity contribution is 0.0624. The molecular weight excluding hydrogens is 488 g/mol. The van der Waals surface area contributed by atoms with Crippen LogP contribution in [0.15, 0.2) is 78.9 Å². The lowest BCUT2D eigenvalue weighted by Gasteiger charge is -2.18. The highest BCUT2D eigenvalue weighted by Gasteiger charge is 2.50. The van der Waals surface area contributed by atoms with E-state index in [2.05, 4.69) is 26.2 Å². The van der Waals surface area contributed by atoms with E-state index in [-0.39, 0.29) is 30.3 Å². The van der Waals surface area contributed by atoms with Crippen molar-refractivity contribution in [3.63, 3.8) is 0 Å². The maximum atomic E-state index is 12.7. The van der Waals surface area contributed by atoms with Gasteiger partial charge in [-0.2, -0.15) is 0 Å². The Labute approximate surface area is 218 Å². The number of anilines is 1. The summed E-state index contributed by atoms with van der Waals surface area (Å²) in [4.78, 5) is 12.7. The molecule has 38 heavy (non-hydrogen) atoms. The standard InChI is InChI=1S/C27H26N6O5/c1-35-21-9-5-6-17(14-21)26-30-31-32-33(26)23-16-37-24-22(15-36-25(23)24)29-27(34)28-18-10-12-20(13-11-18)38-19-7-3-2-4-8-19/h2-14,22-25H,15-16H2,1H3,(H2,28,29,34). The largest absolute Gasteiger partial charge is 0.497 e. The van der Waals surface area contributed by atoms with Crippen LogP contribution >= 0.6 is 0 Å². The van der Waals surface area contributed by atoms with Crippen LogP contribution in [-0.4, -0.2) is 64.8 Å². The molecule has 2 amide bonds. The Morgan fingerprint density at radius 1 is 0.921 bits per heavy atom. The number of nitrogens with zero attached hydrogens (tertiary/aromatic N) is 4. The number of tetrazole rings is 1. The van der Waals surface area contributed by atoms with E-state index in [1.165, 1.54) is 0 Å². The molecule has 3 aromatic carbocycles. The smallest absolute Gasteiger partial charge is 0.319 e. The molecule has 4 unspecified atom stereocenters. The normalized spacial score (nSPS) is 22.0. The molecule has 0 spiro atoms. The van der Waals surface area contributed by atoms with E-state index in [1.807, 2.05) is 54.6 Å². The zero-order chi connectivity index (χ0) is 25.9. The van der Waals surface area contributed by atoms with E-state index in [0.717, 1.165) is 11.3 Å². The Morgan fingerprint density at radius 3 is 2.50 bits per heavy atom. The van der Waals surface area contributed by atoms with Crippen LogP contribution in [0.25, 0.3) is 11.4 Å². The van der Waals surface area contributed by atoms with E-state index >= 15 is 0 Å². The van der Waals surface area contributed by atoms with E-state index in [4.69, 9.17) is 18.9 Å². The first-order chi connectivity index (χ1) is 18.7. The lowest BCUT2D eigenvalue weighted by Crippen LogP contribution is -2.45. The first-order valence-electron chi connectivity index (χ1n) is 12.2. The Hall–Kier alpha value is -4.48. The van der Waals surface area contributed by atoms with Crippen LogP contribution in [0.4, 0.5) is 10.5 Å². The predicted octanol–water partition coefficient (Wildman–Crippen LogP) is 3.67. The number of benzene rings is 3. The van der Waals surface area contributed by atoms with E-state index < -0.39 is 0 Å². The van der Waals surface area contributed by atoms with Crippen molar-refractivity contribution in [3.05, 3.63) is 78.9 Å². The highest BCUT2D eigenvalue weighted by Crippen LogP contribution is 2.36. The van der Waals surface area contributed by atoms with Gasteiger partial charge in [-0.25, -0.2) is 9.48 Å². The molecule has 11 nitrogen and oxygen atoms in total. The number of amides is 2. The minimum absolute atomic E-state index is 0.233. The van der Waals surface area contributed by atoms with Crippen LogP contribution in [0, 0.1) is 0 Å². The van der Waals surface area contributed by atoms with Crippen molar-refractivity contribution in [1.29, 1.82) is 0 Å². The first-order valence-corrected chi connectivity index (χ1v) is 12.2. The number of nitrogens with one attached hydrogen (secondary N) is 2. The molecule has 4 aromatic rings. The second-order valence-corrected chi connectivity index (χ2v) is 8.99. The van der Waals surface area contributed by atoms with Crippen LogP contribution in [0.1, 0.15) is 6.04 Å². The van der Waals surface area contributed by atoms with Crippen molar-refractivity contribution in [2.24, 2.45) is 0 Å². The molecule has 4 atom stereocenters. The van der Waals surface area contributed by atoms with Crippen LogP contribution in [0.3, 0.4) is 0 Å². The highest BCUT2D eigenvalue weighted by atomic mass is 16.6. The molecule has 0 bridgehead atoms. The van der Waals surface area contributed by atoms with Gasteiger partial charge in [-0.05, 0) is 59.0 Å². The van der Waals surface area contributed by atoms with Crippen molar-refractivity contribution in [1.82, 2.24) is 25.5 Å². The lowest BCUT2D eigenvalue weighted by atomic mass is 10.1. The second-order valence-electron chi connectivity index (χ2n) is 8.99. The molecule has 2 aliphatic rings. The Bertz CT molecular complexity index is 1400. The summed E-state index contributed by atoms with van der Waals surface area (Å²) in [6, 6.07) is 23.3. The third-order valence-corrected chi connectivity index (χ3v) is 6.57. The van der Waals surface area contributed by atoms with Crippen molar-refractivity contribution in [2.45, 2.75) is 24.3 Å². The molecule has 2 aliphatic heterocycles. The third kappa shape index (κ3) is 4.89. The van der Waals surface area contributed by atoms with Crippen LogP contribution in [0.5, 0.6) is 17.2 Å². The number of para-hydroxylation sites is 1. The molecule has 2 N–H and O–H groups in total. The zero-order valence-corrected chi connectivity index (χ0v) is 20.6. The van der Waals surface area contributed by atoms with Gasteiger partial charge in [0.05, 0.1) is 26.4 Å². The maximum absolute atomic E-state index is 12.7. The van der Waals surface area contributed by atoms with Gasteiger partial charge in [0.15, 0.2) is 5.82 Å². The Balaban J connectivity index is 1.07. The molecule has 1 aromatic heterocycles. The number of rotatable bonds is 7. The van der Waals surface area contributed by atoms with Crippen molar-refractivity contribution < 1.29 is 23.7 Å². The molecule has 11 heteroatoms. The summed E-state index contributed by atoms with van der Waals surface area (Å²) in [5, 5.41) is 18.1. The van der Waals surface area contributed by atoms with E-state index in [9.17, 15) is 4.79 Å². The Kier molecular flexibility index (Phi) is 6.59. The fourth-order valence-electron chi connectivity index (χ4n) is 4.75. The SMILES string of the molecule is COc1cccc(-c2nnnn2C2COC3C(NC(=O)Nc4ccc(Oc5ccccc5)cc4)COC32)c1. The average molecular weight is 515 g/mol. The van der Waals surface area contributed by atoms with Crippen molar-refractivity contribution in [3.8, 4) is 28.6 Å². The summed E-state index contributed by atoms with van der Waals surface area (Å²) in [5.74, 6) is 2.73. The quantitative estimate of drug-likeness (QED) is 0.383. The van der Waals surface area contributed by atoms with Gasteiger partial charge in [0.1, 0.15) is 35.5 Å². The number of urea groups is 1. The fourth-order valence-corrected chi connectivity index (χ4v) is 4.75. The summed E-state index contributed by atoms with van der Waals surface area (Å²) in [6.07, 6.45) is -0.627. The predicted molar refractivity (Wildman–Crippen MR) is 137 cm³/mol. The van der Waals surface area contributed by atoms with Gasteiger partial charge in [-0.3, -0.25) is 0 Å². The molecule has 6 rings (SSSR count). The zero-order valence-electron chi connectivity index (χ0n) is 20.6. The number of fused-ring (bicyclic) bond motifs is 1. The number of methoxy groups -OCH3 is 1. The van der Waals surface area contributed by atoms with Crippen LogP contribution in [-0.2, 0) is 9.47 Å². The van der Waals surface area contributed by atoms with Gasteiger partial charge in [-0.15, -0.1) is 5.10 Å². The van der Waals surface area contributed by atoms with Crippen molar-refractivity contribution in [2.75, 3.05) is 25.6 Å². The molecular formula is C27H26N6O5. The first kappa shape index (κ1) is 23.9. The van der Waals surface area contributed by atoms with Gasteiger partial charge in [0.25, 0.3) is 0 Å². The van der Waals surface area contributed by atoms with Crippen LogP contribution in [0.2, 0.25) is 0 Å². The molecule has 3 heterocycles. The van der Waals surface area contributed by atoms with E-state index in [1.54, 1.807) is 36.1 Å². The summed E-state index contributed by atoms with van der Waals surface area (Å²) < 4.78 is 25.0. The minimum Gasteiger partial charge on any atom is -0.497 e. The summed E-state index contributed by atoms with van der Waals surface area (Å²) in [7, 11) is 1.61.